The second kappa shape index (κ2) is 13.9. The molecule has 12 heteroatoms. The van der Waals surface area contributed by atoms with Gasteiger partial charge in [-0.1, -0.05) is 13.0 Å². The minimum Gasteiger partial charge on any atom is -0.386 e. The van der Waals surface area contributed by atoms with E-state index in [-0.39, 0.29) is 23.7 Å². The molecule has 1 aliphatic heterocycles. The van der Waals surface area contributed by atoms with E-state index in [1.165, 1.54) is 24.4 Å². The van der Waals surface area contributed by atoms with Gasteiger partial charge in [0.15, 0.2) is 0 Å². The summed E-state index contributed by atoms with van der Waals surface area (Å²) in [6.45, 7) is 7.25. The van der Waals surface area contributed by atoms with Gasteiger partial charge in [0, 0.05) is 36.5 Å². The largest absolute Gasteiger partial charge is 0.416 e. The normalized spacial score (nSPS) is 21.0. The summed E-state index contributed by atoms with van der Waals surface area (Å²) in [6.07, 6.45) is 1.43. The maximum atomic E-state index is 14.3. The fourth-order valence-corrected chi connectivity index (χ4v) is 5.11. The fraction of sp³-hybridized carbons (Fsp3) is 0.567. The predicted molar refractivity (Wildman–Crippen MR) is 149 cm³/mol. The molecule has 0 unspecified atom stereocenters. The van der Waals surface area contributed by atoms with Crippen molar-refractivity contribution in [3.05, 3.63) is 64.7 Å². The Labute approximate surface area is 243 Å². The molecule has 2 aromatic rings. The number of hydrogen-bond donors (Lipinski definition) is 4. The van der Waals surface area contributed by atoms with Crippen molar-refractivity contribution in [1.82, 2.24) is 20.5 Å². The molecule has 232 valence electrons. The van der Waals surface area contributed by atoms with Crippen molar-refractivity contribution in [2.45, 2.75) is 82.7 Å². The maximum Gasteiger partial charge on any atom is 0.416 e. The Morgan fingerprint density at radius 1 is 1.10 bits per heavy atom. The molecule has 4 N–H and O–H groups in total. The first kappa shape index (κ1) is 33.4. The van der Waals surface area contributed by atoms with Crippen molar-refractivity contribution >= 4 is 11.8 Å². The molecule has 2 aliphatic rings. The number of benzene rings is 1. The van der Waals surface area contributed by atoms with Crippen molar-refractivity contribution in [3.8, 4) is 0 Å². The highest BCUT2D eigenvalue weighted by Gasteiger charge is 2.38. The van der Waals surface area contributed by atoms with E-state index >= 15 is 0 Å². The summed E-state index contributed by atoms with van der Waals surface area (Å²) in [6, 6.07) is 5.78. The summed E-state index contributed by atoms with van der Waals surface area (Å²) in [5, 5.41) is 26.3. The number of aliphatic hydroxyl groups is 2. The second-order valence-electron chi connectivity index (χ2n) is 11.3. The SMILES string of the molecule is CCNC1CCC(O)(c2ncc(C(C)(C)O)cc2F)CC1.O=C(NCC(=O)N1CCCC1)c1cccc(C(F)(F)F)c1. The Hall–Kier alpha value is -3.09. The number of carbonyl (C=O) groups excluding carboxylic acids is 2. The summed E-state index contributed by atoms with van der Waals surface area (Å²) >= 11 is 0. The highest BCUT2D eigenvalue weighted by atomic mass is 19.4. The van der Waals surface area contributed by atoms with Crippen LogP contribution in [0.1, 0.15) is 86.5 Å². The third-order valence-electron chi connectivity index (χ3n) is 7.61. The first-order valence-electron chi connectivity index (χ1n) is 14.2. The van der Waals surface area contributed by atoms with E-state index < -0.39 is 34.7 Å². The molecule has 1 aromatic heterocycles. The van der Waals surface area contributed by atoms with Gasteiger partial charge in [0.2, 0.25) is 5.91 Å². The monoisotopic (exact) mass is 596 g/mol. The van der Waals surface area contributed by atoms with E-state index in [0.29, 0.717) is 37.5 Å². The predicted octanol–water partition coefficient (Wildman–Crippen LogP) is 4.25. The number of nitrogens with zero attached hydrogens (tertiary/aromatic N) is 2. The fourth-order valence-electron chi connectivity index (χ4n) is 5.11. The first-order chi connectivity index (χ1) is 19.6. The van der Waals surface area contributed by atoms with Gasteiger partial charge in [-0.25, -0.2) is 4.39 Å². The molecule has 42 heavy (non-hydrogen) atoms. The third-order valence-corrected chi connectivity index (χ3v) is 7.61. The van der Waals surface area contributed by atoms with E-state index in [1.54, 1.807) is 18.7 Å². The molecule has 0 spiro atoms. The second-order valence-corrected chi connectivity index (χ2v) is 11.3. The van der Waals surface area contributed by atoms with Crippen molar-refractivity contribution in [1.29, 1.82) is 0 Å². The van der Waals surface area contributed by atoms with Crippen LogP contribution in [0.5, 0.6) is 0 Å². The zero-order chi connectivity index (χ0) is 31.1. The molecular formula is C30H40F4N4O4. The van der Waals surface area contributed by atoms with Crippen LogP contribution >= 0.6 is 0 Å². The molecule has 1 aliphatic carbocycles. The lowest BCUT2D eigenvalue weighted by molar-refractivity contribution is -0.137. The van der Waals surface area contributed by atoms with Crippen molar-refractivity contribution in [3.63, 3.8) is 0 Å². The van der Waals surface area contributed by atoms with E-state index in [0.717, 1.165) is 44.4 Å². The van der Waals surface area contributed by atoms with Crippen molar-refractivity contribution in [2.75, 3.05) is 26.2 Å². The Morgan fingerprint density at radius 3 is 2.29 bits per heavy atom. The minimum atomic E-state index is -4.50. The molecule has 0 bridgehead atoms. The third kappa shape index (κ3) is 8.95. The number of nitrogens with one attached hydrogen (secondary N) is 2. The summed E-state index contributed by atoms with van der Waals surface area (Å²) in [7, 11) is 0. The van der Waals surface area contributed by atoms with Gasteiger partial charge >= 0.3 is 6.18 Å². The molecule has 2 amide bonds. The van der Waals surface area contributed by atoms with Crippen LogP contribution in [0, 0.1) is 5.82 Å². The van der Waals surface area contributed by atoms with Gasteiger partial charge in [0.25, 0.3) is 5.91 Å². The van der Waals surface area contributed by atoms with E-state index in [2.05, 4.69) is 22.5 Å². The van der Waals surface area contributed by atoms with Crippen LogP contribution in [0.3, 0.4) is 0 Å². The Bertz CT molecular complexity index is 1220. The molecule has 2 heterocycles. The molecule has 1 saturated carbocycles. The van der Waals surface area contributed by atoms with Crippen LogP contribution in [0.2, 0.25) is 0 Å². The molecule has 8 nitrogen and oxygen atoms in total. The molecule has 1 saturated heterocycles. The number of alkyl halides is 3. The lowest BCUT2D eigenvalue weighted by Gasteiger charge is -2.36. The lowest BCUT2D eigenvalue weighted by Crippen LogP contribution is -2.40. The summed E-state index contributed by atoms with van der Waals surface area (Å²) in [5.41, 5.74) is -2.83. The van der Waals surface area contributed by atoms with Crippen LogP contribution < -0.4 is 10.6 Å². The Morgan fingerprint density at radius 2 is 1.74 bits per heavy atom. The van der Waals surface area contributed by atoms with Gasteiger partial charge in [-0.3, -0.25) is 14.6 Å². The van der Waals surface area contributed by atoms with E-state index in [4.69, 9.17) is 0 Å². The average molecular weight is 597 g/mol. The van der Waals surface area contributed by atoms with Gasteiger partial charge in [-0.2, -0.15) is 13.2 Å². The van der Waals surface area contributed by atoms with Gasteiger partial charge in [0.05, 0.1) is 17.7 Å². The Balaban J connectivity index is 0.000000230. The van der Waals surface area contributed by atoms with Gasteiger partial charge in [-0.15, -0.1) is 0 Å². The molecule has 4 rings (SSSR count). The lowest BCUT2D eigenvalue weighted by atomic mass is 9.79. The number of likely N-dealkylation sites (tertiary alicyclic amines) is 1. The van der Waals surface area contributed by atoms with Gasteiger partial charge in [-0.05, 0) is 83.2 Å². The van der Waals surface area contributed by atoms with Gasteiger partial charge in [0.1, 0.15) is 17.1 Å². The van der Waals surface area contributed by atoms with Crippen LogP contribution in [0.4, 0.5) is 17.6 Å². The smallest absolute Gasteiger partial charge is 0.386 e. The number of amides is 2. The molecule has 1 aromatic carbocycles. The summed E-state index contributed by atoms with van der Waals surface area (Å²) in [4.78, 5) is 29.3. The highest BCUT2D eigenvalue weighted by Crippen LogP contribution is 2.38. The Kier molecular flexibility index (Phi) is 11.1. The van der Waals surface area contributed by atoms with Crippen molar-refractivity contribution in [2.24, 2.45) is 0 Å². The number of rotatable bonds is 7. The summed E-state index contributed by atoms with van der Waals surface area (Å²) in [5.74, 6) is -1.44. The standard InChI is InChI=1S/C16H25FN2O2.C14H15F3N2O2/c1-4-18-12-5-7-16(21,8-6-12)14-13(17)9-11(10-19-14)15(2,3)20;15-14(16,17)11-5-3-4-10(8-11)13(21)18-9-12(20)19-6-1-2-7-19/h9-10,12,18,20-21H,4-8H2,1-3H3;3-5,8H,1-2,6-7,9H2,(H,18,21). The highest BCUT2D eigenvalue weighted by molar-refractivity contribution is 5.96. The molecule has 0 radical (unpaired) electrons. The van der Waals surface area contributed by atoms with Crippen LogP contribution in [-0.4, -0.2) is 64.1 Å². The number of halogens is 4. The quantitative estimate of drug-likeness (QED) is 0.356. The minimum absolute atomic E-state index is 0.102. The zero-order valence-corrected chi connectivity index (χ0v) is 24.2. The van der Waals surface area contributed by atoms with Gasteiger partial charge < -0.3 is 25.7 Å². The van der Waals surface area contributed by atoms with Crippen LogP contribution in [-0.2, 0) is 22.2 Å². The maximum absolute atomic E-state index is 14.3. The number of pyridine rings is 1. The van der Waals surface area contributed by atoms with Crippen LogP contribution in [0.25, 0.3) is 0 Å². The van der Waals surface area contributed by atoms with Crippen molar-refractivity contribution < 1.29 is 37.4 Å². The summed E-state index contributed by atoms with van der Waals surface area (Å²) < 4.78 is 52.0. The topological polar surface area (TPSA) is 115 Å². The number of carbonyl (C=O) groups is 2. The van der Waals surface area contributed by atoms with Crippen LogP contribution in [0.15, 0.2) is 36.5 Å². The molecular weight excluding hydrogens is 556 g/mol. The average Bonchev–Trinajstić information content (AvgIpc) is 3.48. The van der Waals surface area contributed by atoms with E-state index in [9.17, 15) is 37.4 Å². The number of aromatic nitrogens is 1. The first-order valence-corrected chi connectivity index (χ1v) is 14.2. The molecule has 0 atom stereocenters. The molecule has 2 fully saturated rings. The number of hydrogen-bond acceptors (Lipinski definition) is 6. The zero-order valence-electron chi connectivity index (χ0n) is 24.2. The van der Waals surface area contributed by atoms with E-state index in [1.807, 2.05) is 0 Å².